The predicted molar refractivity (Wildman–Crippen MR) is 99.2 cm³/mol. The normalized spacial score (nSPS) is 13.4. The van der Waals surface area contributed by atoms with Crippen molar-refractivity contribution in [2.75, 3.05) is 0 Å². The van der Waals surface area contributed by atoms with E-state index in [1.54, 1.807) is 6.07 Å². The monoisotopic (exact) mass is 446 g/mol. The Labute approximate surface area is 160 Å². The molecular formula is C17H20BrFN2O4S. The van der Waals surface area contributed by atoms with Gasteiger partial charge in [0.2, 0.25) is 0 Å². The summed E-state index contributed by atoms with van der Waals surface area (Å²) in [5.41, 5.74) is 0.291. The fourth-order valence-corrected chi connectivity index (χ4v) is 4.67. The number of nitrogens with zero attached hydrogens (tertiary/aromatic N) is 1. The average Bonchev–Trinajstić information content (AvgIpc) is 2.87. The summed E-state index contributed by atoms with van der Waals surface area (Å²) in [4.78, 5) is 11.0. The Morgan fingerprint density at radius 2 is 1.88 bits per heavy atom. The molecule has 142 valence electrons. The Morgan fingerprint density at radius 1 is 1.31 bits per heavy atom. The molecule has 0 aliphatic carbocycles. The molecule has 0 radical (unpaired) electrons. The topological polar surface area (TPSA) is 88.4 Å². The lowest BCUT2D eigenvalue weighted by molar-refractivity contribution is 0.174. The summed E-state index contributed by atoms with van der Waals surface area (Å²) in [5, 5.41) is 11.5. The van der Waals surface area contributed by atoms with Crippen molar-refractivity contribution in [1.82, 2.24) is 9.29 Å². The zero-order valence-corrected chi connectivity index (χ0v) is 16.9. The predicted octanol–water partition coefficient (Wildman–Crippen LogP) is 3.85. The van der Waals surface area contributed by atoms with Crippen LogP contribution in [0.4, 0.5) is 9.18 Å². The smallest absolute Gasteiger partial charge is 0.404 e. The second-order valence-corrected chi connectivity index (χ2v) is 9.63. The first-order valence-electron chi connectivity index (χ1n) is 7.78. The number of amides is 1. The third kappa shape index (κ3) is 4.64. The standard InChI is InChI=1S/C17H20BrFN2O4S/c1-17(2,3)14(20-16(22)23)8-11-9-15(18)21(10-11)26(24,25)13-6-4-12(19)5-7-13/h4-7,9-10,14,20H,8H2,1-3H3,(H,22,23). The highest BCUT2D eigenvalue weighted by Crippen LogP contribution is 2.27. The Bertz CT molecular complexity index is 902. The molecule has 9 heteroatoms. The van der Waals surface area contributed by atoms with Gasteiger partial charge in [0.1, 0.15) is 10.4 Å². The molecule has 2 N–H and O–H groups in total. The van der Waals surface area contributed by atoms with E-state index in [-0.39, 0.29) is 10.3 Å². The van der Waals surface area contributed by atoms with Crippen LogP contribution >= 0.6 is 15.9 Å². The van der Waals surface area contributed by atoms with E-state index in [1.165, 1.54) is 18.3 Å². The van der Waals surface area contributed by atoms with Gasteiger partial charge in [-0.3, -0.25) is 0 Å². The molecule has 1 aromatic carbocycles. The lowest BCUT2D eigenvalue weighted by Crippen LogP contribution is -2.44. The molecule has 1 unspecified atom stereocenters. The minimum atomic E-state index is -3.89. The Balaban J connectivity index is 2.36. The van der Waals surface area contributed by atoms with E-state index in [0.717, 1.165) is 16.1 Å². The quantitative estimate of drug-likeness (QED) is 0.729. The summed E-state index contributed by atoms with van der Waals surface area (Å²) in [6.07, 6.45) is 0.619. The van der Waals surface area contributed by atoms with Crippen LogP contribution in [0, 0.1) is 11.2 Å². The van der Waals surface area contributed by atoms with Crippen molar-refractivity contribution in [1.29, 1.82) is 0 Å². The third-order valence-electron chi connectivity index (χ3n) is 3.95. The van der Waals surface area contributed by atoms with Crippen molar-refractivity contribution in [2.24, 2.45) is 5.41 Å². The van der Waals surface area contributed by atoms with E-state index in [1.807, 2.05) is 20.8 Å². The molecule has 6 nitrogen and oxygen atoms in total. The molecule has 0 fully saturated rings. The van der Waals surface area contributed by atoms with Crippen LogP contribution in [0.5, 0.6) is 0 Å². The SMILES string of the molecule is CC(C)(C)C(Cc1cc(Br)n(S(=O)(=O)c2ccc(F)cc2)c1)NC(=O)O. The van der Waals surface area contributed by atoms with Gasteiger partial charge >= 0.3 is 6.09 Å². The maximum Gasteiger partial charge on any atom is 0.404 e. The molecule has 0 aliphatic rings. The summed E-state index contributed by atoms with van der Waals surface area (Å²) in [6, 6.07) is 5.77. The fraction of sp³-hybridized carbons (Fsp3) is 0.353. The maximum absolute atomic E-state index is 13.1. The van der Waals surface area contributed by atoms with Gasteiger partial charge in [0.25, 0.3) is 10.0 Å². The van der Waals surface area contributed by atoms with Crippen LogP contribution in [0.1, 0.15) is 26.3 Å². The van der Waals surface area contributed by atoms with Gasteiger partial charge in [0.05, 0.1) is 4.90 Å². The molecule has 26 heavy (non-hydrogen) atoms. The number of aromatic nitrogens is 1. The molecule has 2 rings (SSSR count). The number of benzene rings is 1. The Hall–Kier alpha value is -1.87. The van der Waals surface area contributed by atoms with Crippen LogP contribution in [-0.2, 0) is 16.4 Å². The third-order valence-corrected chi connectivity index (χ3v) is 6.49. The van der Waals surface area contributed by atoms with Crippen molar-refractivity contribution in [2.45, 2.75) is 38.1 Å². The molecular weight excluding hydrogens is 427 g/mol. The van der Waals surface area contributed by atoms with E-state index in [0.29, 0.717) is 16.6 Å². The number of carbonyl (C=O) groups is 1. The minimum Gasteiger partial charge on any atom is -0.465 e. The van der Waals surface area contributed by atoms with Crippen LogP contribution in [0.15, 0.2) is 46.0 Å². The number of rotatable bonds is 5. The first kappa shape index (κ1) is 20.4. The molecule has 0 saturated heterocycles. The molecule has 0 spiro atoms. The highest BCUT2D eigenvalue weighted by molar-refractivity contribution is 9.10. The number of hydrogen-bond donors (Lipinski definition) is 2. The molecule has 1 heterocycles. The van der Waals surface area contributed by atoms with Gasteiger partial charge in [-0.05, 0) is 63.7 Å². The number of carboxylic acid groups (broad SMARTS) is 1. The molecule has 1 atom stereocenters. The number of halogens is 2. The number of hydrogen-bond acceptors (Lipinski definition) is 3. The highest BCUT2D eigenvalue weighted by Gasteiger charge is 2.28. The van der Waals surface area contributed by atoms with Gasteiger partial charge in [0.15, 0.2) is 0 Å². The van der Waals surface area contributed by atoms with Crippen molar-refractivity contribution >= 4 is 32.0 Å². The van der Waals surface area contributed by atoms with Gasteiger partial charge in [-0.1, -0.05) is 20.8 Å². The molecule has 1 aromatic heterocycles. The van der Waals surface area contributed by atoms with Crippen LogP contribution in [0.3, 0.4) is 0 Å². The van der Waals surface area contributed by atoms with Gasteiger partial charge in [-0.15, -0.1) is 0 Å². The van der Waals surface area contributed by atoms with E-state index in [9.17, 15) is 17.6 Å². The zero-order chi connectivity index (χ0) is 19.7. The van der Waals surface area contributed by atoms with Crippen molar-refractivity contribution < 1.29 is 22.7 Å². The maximum atomic E-state index is 13.1. The van der Waals surface area contributed by atoms with E-state index >= 15 is 0 Å². The first-order chi connectivity index (χ1) is 11.9. The molecule has 0 saturated carbocycles. The fourth-order valence-electron chi connectivity index (χ4n) is 2.44. The zero-order valence-electron chi connectivity index (χ0n) is 14.5. The largest absolute Gasteiger partial charge is 0.465 e. The van der Waals surface area contributed by atoms with Crippen LogP contribution in [0.2, 0.25) is 0 Å². The number of nitrogens with one attached hydrogen (secondary N) is 1. The van der Waals surface area contributed by atoms with Crippen LogP contribution < -0.4 is 5.32 Å². The second kappa shape index (κ2) is 7.40. The summed E-state index contributed by atoms with van der Waals surface area (Å²) in [6.45, 7) is 5.69. The Morgan fingerprint density at radius 3 is 2.38 bits per heavy atom. The van der Waals surface area contributed by atoms with Crippen LogP contribution in [-0.4, -0.2) is 29.6 Å². The summed E-state index contributed by atoms with van der Waals surface area (Å²) in [7, 11) is -3.89. The van der Waals surface area contributed by atoms with Gasteiger partial charge in [0, 0.05) is 12.2 Å². The van der Waals surface area contributed by atoms with Crippen molar-refractivity contribution in [3.8, 4) is 0 Å². The lowest BCUT2D eigenvalue weighted by atomic mass is 9.83. The Kier molecular flexibility index (Phi) is 5.82. The van der Waals surface area contributed by atoms with E-state index < -0.39 is 28.0 Å². The van der Waals surface area contributed by atoms with E-state index in [2.05, 4.69) is 21.2 Å². The van der Waals surface area contributed by atoms with Gasteiger partial charge in [-0.25, -0.2) is 21.6 Å². The second-order valence-electron chi connectivity index (χ2n) is 7.00. The van der Waals surface area contributed by atoms with Crippen molar-refractivity contribution in [3.63, 3.8) is 0 Å². The minimum absolute atomic E-state index is 0.0437. The summed E-state index contributed by atoms with van der Waals surface area (Å²) in [5.74, 6) is -0.524. The molecule has 2 aromatic rings. The van der Waals surface area contributed by atoms with Crippen molar-refractivity contribution in [3.05, 3.63) is 52.5 Å². The average molecular weight is 447 g/mol. The molecule has 0 bridgehead atoms. The molecule has 0 aliphatic heterocycles. The summed E-state index contributed by atoms with van der Waals surface area (Å²) < 4.78 is 39.9. The molecule has 1 amide bonds. The first-order valence-corrected chi connectivity index (χ1v) is 10.0. The summed E-state index contributed by atoms with van der Waals surface area (Å²) >= 11 is 3.23. The van der Waals surface area contributed by atoms with Gasteiger partial charge in [-0.2, -0.15) is 0 Å². The van der Waals surface area contributed by atoms with E-state index in [4.69, 9.17) is 5.11 Å². The van der Waals surface area contributed by atoms with Gasteiger partial charge < -0.3 is 10.4 Å². The van der Waals surface area contributed by atoms with Crippen LogP contribution in [0.25, 0.3) is 0 Å². The lowest BCUT2D eigenvalue weighted by Gasteiger charge is -2.30. The highest BCUT2D eigenvalue weighted by atomic mass is 79.9.